The van der Waals surface area contributed by atoms with Crippen molar-refractivity contribution in [3.8, 4) is 0 Å². The highest BCUT2D eigenvalue weighted by molar-refractivity contribution is 5.04. The topological polar surface area (TPSA) is 0 Å². The van der Waals surface area contributed by atoms with E-state index in [9.17, 15) is 0 Å². The van der Waals surface area contributed by atoms with Crippen LogP contribution in [0.3, 0.4) is 0 Å². The van der Waals surface area contributed by atoms with Gasteiger partial charge in [-0.25, -0.2) is 0 Å². The average molecular weight is 248 g/mol. The maximum absolute atomic E-state index is 4.37. The molecule has 2 atom stereocenters. The molecule has 2 unspecified atom stereocenters. The fourth-order valence-corrected chi connectivity index (χ4v) is 4.60. The molecule has 0 N–H and O–H groups in total. The number of fused-ring (bicyclic) bond motifs is 2. The summed E-state index contributed by atoms with van der Waals surface area (Å²) in [6.07, 6.45) is 9.98. The first-order valence-corrected chi connectivity index (χ1v) is 8.05. The van der Waals surface area contributed by atoms with Gasteiger partial charge in [-0.2, -0.15) is 0 Å². The molecule has 0 amide bonds. The zero-order chi connectivity index (χ0) is 13.3. The van der Waals surface area contributed by atoms with Crippen LogP contribution in [0.4, 0.5) is 0 Å². The molecule has 2 saturated carbocycles. The summed E-state index contributed by atoms with van der Waals surface area (Å²) < 4.78 is 0. The molecule has 0 aliphatic heterocycles. The van der Waals surface area contributed by atoms with Crippen LogP contribution in [0.1, 0.15) is 72.6 Å². The highest BCUT2D eigenvalue weighted by atomic mass is 14.5. The summed E-state index contributed by atoms with van der Waals surface area (Å²) >= 11 is 0. The predicted molar refractivity (Wildman–Crippen MR) is 80.5 cm³/mol. The lowest BCUT2D eigenvalue weighted by Gasteiger charge is -2.36. The van der Waals surface area contributed by atoms with Gasteiger partial charge in [0.1, 0.15) is 0 Å². The average Bonchev–Trinajstić information content (AvgIpc) is 2.49. The summed E-state index contributed by atoms with van der Waals surface area (Å²) in [5, 5.41) is 0. The standard InChI is InChI=1S/C18H32/c1-6-14-10-15-7-8-16(11-14)17(15)9-13(2)12-18(3,4)5/h14-17H,2,6-12H2,1,3-5H3. The molecule has 2 aliphatic rings. The highest BCUT2D eigenvalue weighted by Crippen LogP contribution is 2.52. The van der Waals surface area contributed by atoms with Gasteiger partial charge in [-0.1, -0.05) is 46.3 Å². The Hall–Kier alpha value is -0.260. The summed E-state index contributed by atoms with van der Waals surface area (Å²) in [6, 6.07) is 0. The molecule has 0 heteroatoms. The summed E-state index contributed by atoms with van der Waals surface area (Å²) in [5.74, 6) is 4.09. The fourth-order valence-electron chi connectivity index (χ4n) is 4.60. The molecular weight excluding hydrogens is 216 g/mol. The van der Waals surface area contributed by atoms with E-state index in [1.807, 2.05) is 0 Å². The SMILES string of the molecule is C=C(CC1C2CCC1CC(CC)C2)CC(C)(C)C. The quantitative estimate of drug-likeness (QED) is 0.549. The highest BCUT2D eigenvalue weighted by Gasteiger charge is 2.41. The molecule has 2 aliphatic carbocycles. The van der Waals surface area contributed by atoms with E-state index in [1.165, 1.54) is 50.5 Å². The molecule has 2 fully saturated rings. The first-order chi connectivity index (χ1) is 8.39. The first-order valence-electron chi connectivity index (χ1n) is 8.05. The molecule has 0 radical (unpaired) electrons. The first kappa shape index (κ1) is 14.2. The van der Waals surface area contributed by atoms with E-state index in [-0.39, 0.29) is 0 Å². The van der Waals surface area contributed by atoms with Crippen molar-refractivity contribution in [2.45, 2.75) is 72.6 Å². The molecule has 104 valence electrons. The molecule has 0 heterocycles. The zero-order valence-corrected chi connectivity index (χ0v) is 13.0. The van der Waals surface area contributed by atoms with Gasteiger partial charge in [-0.05, 0) is 67.6 Å². The molecule has 0 aromatic heterocycles. The van der Waals surface area contributed by atoms with Crippen LogP contribution in [0, 0.1) is 29.1 Å². The minimum absolute atomic E-state index is 0.413. The summed E-state index contributed by atoms with van der Waals surface area (Å²) in [7, 11) is 0. The van der Waals surface area contributed by atoms with Gasteiger partial charge >= 0.3 is 0 Å². The van der Waals surface area contributed by atoms with E-state index in [4.69, 9.17) is 0 Å². The fraction of sp³-hybridized carbons (Fsp3) is 0.889. The molecule has 18 heavy (non-hydrogen) atoms. The Morgan fingerprint density at radius 2 is 1.67 bits per heavy atom. The van der Waals surface area contributed by atoms with Gasteiger partial charge in [0.15, 0.2) is 0 Å². The van der Waals surface area contributed by atoms with E-state index >= 15 is 0 Å². The molecule has 0 spiro atoms. The van der Waals surface area contributed by atoms with Crippen LogP contribution in [0.25, 0.3) is 0 Å². The van der Waals surface area contributed by atoms with Gasteiger partial charge in [0, 0.05) is 0 Å². The molecular formula is C18H32. The maximum atomic E-state index is 4.37. The maximum Gasteiger partial charge on any atom is -0.0274 e. The van der Waals surface area contributed by atoms with Crippen molar-refractivity contribution in [3.63, 3.8) is 0 Å². The van der Waals surface area contributed by atoms with Crippen LogP contribution in [0.5, 0.6) is 0 Å². The Balaban J connectivity index is 1.90. The van der Waals surface area contributed by atoms with Gasteiger partial charge in [0.05, 0.1) is 0 Å². The normalized spacial score (nSPS) is 35.8. The Labute approximate surface area is 114 Å². The molecule has 0 aromatic carbocycles. The van der Waals surface area contributed by atoms with Crippen LogP contribution in [0.2, 0.25) is 0 Å². The summed E-state index contributed by atoms with van der Waals surface area (Å²) in [4.78, 5) is 0. The lowest BCUT2D eigenvalue weighted by molar-refractivity contribution is 0.162. The van der Waals surface area contributed by atoms with Crippen molar-refractivity contribution in [2.24, 2.45) is 29.1 Å². The third-order valence-corrected chi connectivity index (χ3v) is 5.27. The van der Waals surface area contributed by atoms with Gasteiger partial charge < -0.3 is 0 Å². The van der Waals surface area contributed by atoms with Crippen molar-refractivity contribution in [2.75, 3.05) is 0 Å². The Morgan fingerprint density at radius 1 is 1.11 bits per heavy atom. The number of hydrogen-bond acceptors (Lipinski definition) is 0. The Bertz CT molecular complexity index is 280. The zero-order valence-electron chi connectivity index (χ0n) is 13.0. The molecule has 2 rings (SSSR count). The van der Waals surface area contributed by atoms with Crippen LogP contribution in [0.15, 0.2) is 12.2 Å². The smallest absolute Gasteiger partial charge is 0.0274 e. The number of rotatable bonds is 4. The van der Waals surface area contributed by atoms with Gasteiger partial charge in [0.25, 0.3) is 0 Å². The van der Waals surface area contributed by atoms with Crippen LogP contribution < -0.4 is 0 Å². The molecule has 2 bridgehead atoms. The number of hydrogen-bond donors (Lipinski definition) is 0. The van der Waals surface area contributed by atoms with E-state index in [1.54, 1.807) is 0 Å². The minimum Gasteiger partial charge on any atom is -0.0998 e. The monoisotopic (exact) mass is 248 g/mol. The van der Waals surface area contributed by atoms with E-state index < -0.39 is 0 Å². The molecule has 0 saturated heterocycles. The van der Waals surface area contributed by atoms with Gasteiger partial charge in [0.2, 0.25) is 0 Å². The minimum atomic E-state index is 0.413. The second-order valence-corrected chi connectivity index (χ2v) is 8.20. The lowest BCUT2D eigenvalue weighted by Crippen LogP contribution is -2.26. The Morgan fingerprint density at radius 3 is 2.11 bits per heavy atom. The van der Waals surface area contributed by atoms with Gasteiger partial charge in [-0.15, -0.1) is 0 Å². The van der Waals surface area contributed by atoms with Crippen LogP contribution in [-0.2, 0) is 0 Å². The van der Waals surface area contributed by atoms with E-state index in [0.717, 1.165) is 23.7 Å². The largest absolute Gasteiger partial charge is 0.0998 e. The third-order valence-electron chi connectivity index (χ3n) is 5.27. The van der Waals surface area contributed by atoms with Crippen LogP contribution >= 0.6 is 0 Å². The second-order valence-electron chi connectivity index (χ2n) is 8.20. The molecule has 0 aromatic rings. The van der Waals surface area contributed by atoms with E-state index in [2.05, 4.69) is 34.3 Å². The van der Waals surface area contributed by atoms with Gasteiger partial charge in [-0.3, -0.25) is 0 Å². The predicted octanol–water partition coefficient (Wildman–Crippen LogP) is 5.83. The van der Waals surface area contributed by atoms with Crippen molar-refractivity contribution >= 4 is 0 Å². The second kappa shape index (κ2) is 5.39. The third kappa shape index (κ3) is 3.39. The van der Waals surface area contributed by atoms with Crippen molar-refractivity contribution in [1.82, 2.24) is 0 Å². The van der Waals surface area contributed by atoms with Crippen molar-refractivity contribution in [3.05, 3.63) is 12.2 Å². The number of allylic oxidation sites excluding steroid dienone is 1. The Kier molecular flexibility index (Phi) is 4.24. The van der Waals surface area contributed by atoms with Crippen LogP contribution in [-0.4, -0.2) is 0 Å². The summed E-state index contributed by atoms with van der Waals surface area (Å²) in [5.41, 5.74) is 1.93. The van der Waals surface area contributed by atoms with Crippen molar-refractivity contribution in [1.29, 1.82) is 0 Å². The van der Waals surface area contributed by atoms with Crippen molar-refractivity contribution < 1.29 is 0 Å². The molecule has 0 nitrogen and oxygen atoms in total. The summed E-state index contributed by atoms with van der Waals surface area (Å²) in [6.45, 7) is 13.8. The lowest BCUT2D eigenvalue weighted by atomic mass is 9.69. The van der Waals surface area contributed by atoms with E-state index in [0.29, 0.717) is 5.41 Å².